The van der Waals surface area contributed by atoms with Crippen LogP contribution in [0.5, 0.6) is 5.75 Å². The van der Waals surface area contributed by atoms with Gasteiger partial charge in [-0.05, 0) is 30.2 Å². The van der Waals surface area contributed by atoms with E-state index in [0.717, 1.165) is 12.2 Å². The Morgan fingerprint density at radius 2 is 2.00 bits per heavy atom. The summed E-state index contributed by atoms with van der Waals surface area (Å²) < 4.78 is 5.64. The third-order valence-electron chi connectivity index (χ3n) is 3.11. The van der Waals surface area contributed by atoms with Crippen LogP contribution >= 0.6 is 0 Å². The van der Waals surface area contributed by atoms with Crippen LogP contribution in [0.1, 0.15) is 30.6 Å². The van der Waals surface area contributed by atoms with Crippen molar-refractivity contribution in [3.8, 4) is 5.75 Å². The van der Waals surface area contributed by atoms with Crippen LogP contribution in [0.2, 0.25) is 0 Å². The van der Waals surface area contributed by atoms with Gasteiger partial charge in [-0.1, -0.05) is 20.3 Å². The summed E-state index contributed by atoms with van der Waals surface area (Å²) in [7, 11) is 1.67. The number of carbonyl (C=O) groups excluding carboxylic acids is 1. The third-order valence-corrected chi connectivity index (χ3v) is 3.11. The van der Waals surface area contributed by atoms with Crippen molar-refractivity contribution in [3.05, 3.63) is 29.8 Å². The lowest BCUT2D eigenvalue weighted by atomic mass is 10.1. The average Bonchev–Trinajstić information content (AvgIpc) is 2.44. The van der Waals surface area contributed by atoms with Crippen molar-refractivity contribution in [2.75, 3.05) is 26.8 Å². The van der Waals surface area contributed by atoms with Gasteiger partial charge in [-0.25, -0.2) is 0 Å². The van der Waals surface area contributed by atoms with E-state index in [1.165, 1.54) is 4.90 Å². The lowest BCUT2D eigenvalue weighted by molar-refractivity contribution is 0.0767. The summed E-state index contributed by atoms with van der Waals surface area (Å²) in [5.41, 5.74) is 0.604. The summed E-state index contributed by atoms with van der Waals surface area (Å²) >= 11 is 0. The van der Waals surface area contributed by atoms with Crippen molar-refractivity contribution in [1.82, 2.24) is 4.90 Å². The van der Waals surface area contributed by atoms with E-state index in [1.54, 1.807) is 19.2 Å². The van der Waals surface area contributed by atoms with Gasteiger partial charge in [0.25, 0.3) is 5.91 Å². The SMILES string of the molecule is CCC(C)COc1ccc(C(=O)N(C)CCO)cc1. The monoisotopic (exact) mass is 265 g/mol. The Morgan fingerprint density at radius 3 is 2.53 bits per heavy atom. The van der Waals surface area contributed by atoms with Gasteiger partial charge in [0.15, 0.2) is 0 Å². The number of rotatable bonds is 7. The standard InChI is InChI=1S/C15H23NO3/c1-4-12(2)11-19-14-7-5-13(6-8-14)15(18)16(3)9-10-17/h5-8,12,17H,4,9-11H2,1-3H3. The average molecular weight is 265 g/mol. The number of hydrogen-bond acceptors (Lipinski definition) is 3. The second-order valence-electron chi connectivity index (χ2n) is 4.80. The highest BCUT2D eigenvalue weighted by Crippen LogP contribution is 2.15. The van der Waals surface area contributed by atoms with Crippen LogP contribution in [-0.4, -0.2) is 42.7 Å². The van der Waals surface area contributed by atoms with Crippen LogP contribution in [0.25, 0.3) is 0 Å². The van der Waals surface area contributed by atoms with E-state index in [2.05, 4.69) is 13.8 Å². The summed E-state index contributed by atoms with van der Waals surface area (Å²) in [6.45, 7) is 5.27. The van der Waals surface area contributed by atoms with Gasteiger partial charge < -0.3 is 14.7 Å². The van der Waals surface area contributed by atoms with Crippen LogP contribution in [0, 0.1) is 5.92 Å². The summed E-state index contributed by atoms with van der Waals surface area (Å²) in [5.74, 6) is 1.21. The fourth-order valence-electron chi connectivity index (χ4n) is 1.52. The minimum Gasteiger partial charge on any atom is -0.493 e. The van der Waals surface area contributed by atoms with Crippen molar-refractivity contribution in [3.63, 3.8) is 0 Å². The second kappa shape index (κ2) is 7.79. The zero-order chi connectivity index (χ0) is 14.3. The number of hydrogen-bond donors (Lipinski definition) is 1. The normalized spacial score (nSPS) is 12.0. The molecule has 0 spiro atoms. The zero-order valence-electron chi connectivity index (χ0n) is 11.9. The van der Waals surface area contributed by atoms with Gasteiger partial charge in [-0.15, -0.1) is 0 Å². The van der Waals surface area contributed by atoms with Crippen molar-refractivity contribution in [2.45, 2.75) is 20.3 Å². The Labute approximate surface area is 115 Å². The van der Waals surface area contributed by atoms with E-state index >= 15 is 0 Å². The molecule has 4 nitrogen and oxygen atoms in total. The maximum Gasteiger partial charge on any atom is 0.253 e. The van der Waals surface area contributed by atoms with Crippen LogP contribution in [0.15, 0.2) is 24.3 Å². The smallest absolute Gasteiger partial charge is 0.253 e. The topological polar surface area (TPSA) is 49.8 Å². The quantitative estimate of drug-likeness (QED) is 0.822. The first-order chi connectivity index (χ1) is 9.08. The Hall–Kier alpha value is -1.55. The molecule has 0 aromatic heterocycles. The minimum absolute atomic E-state index is 0.0294. The summed E-state index contributed by atoms with van der Waals surface area (Å²) in [6.07, 6.45) is 1.09. The predicted octanol–water partition coefficient (Wildman–Crippen LogP) is 2.18. The Balaban J connectivity index is 2.58. The minimum atomic E-state index is -0.0949. The molecule has 0 bridgehead atoms. The summed E-state index contributed by atoms with van der Waals surface area (Å²) in [4.78, 5) is 13.4. The van der Waals surface area contributed by atoms with E-state index in [0.29, 0.717) is 24.6 Å². The number of likely N-dealkylation sites (N-methyl/N-ethyl adjacent to an activating group) is 1. The van der Waals surface area contributed by atoms with Gasteiger partial charge >= 0.3 is 0 Å². The van der Waals surface area contributed by atoms with E-state index in [4.69, 9.17) is 9.84 Å². The van der Waals surface area contributed by atoms with E-state index in [9.17, 15) is 4.79 Å². The molecule has 1 N–H and O–H groups in total. The fourth-order valence-corrected chi connectivity index (χ4v) is 1.52. The largest absolute Gasteiger partial charge is 0.493 e. The Bertz CT molecular complexity index is 389. The number of carbonyl (C=O) groups is 1. The molecule has 4 heteroatoms. The highest BCUT2D eigenvalue weighted by Gasteiger charge is 2.10. The molecule has 0 fully saturated rings. The number of aliphatic hydroxyl groups excluding tert-OH is 1. The van der Waals surface area contributed by atoms with Gasteiger partial charge in [0.2, 0.25) is 0 Å². The fraction of sp³-hybridized carbons (Fsp3) is 0.533. The van der Waals surface area contributed by atoms with Crippen molar-refractivity contribution < 1.29 is 14.6 Å². The third kappa shape index (κ3) is 4.91. The first-order valence-electron chi connectivity index (χ1n) is 6.67. The number of ether oxygens (including phenoxy) is 1. The van der Waals surface area contributed by atoms with Crippen molar-refractivity contribution >= 4 is 5.91 Å². The van der Waals surface area contributed by atoms with Crippen LogP contribution in [-0.2, 0) is 0 Å². The molecule has 1 amide bonds. The first-order valence-corrected chi connectivity index (χ1v) is 6.67. The molecular weight excluding hydrogens is 242 g/mol. The summed E-state index contributed by atoms with van der Waals surface area (Å²) in [6, 6.07) is 7.12. The van der Waals surface area contributed by atoms with Crippen molar-refractivity contribution in [2.24, 2.45) is 5.92 Å². The maximum atomic E-state index is 11.9. The molecule has 0 aliphatic carbocycles. The van der Waals surface area contributed by atoms with E-state index < -0.39 is 0 Å². The van der Waals surface area contributed by atoms with Crippen molar-refractivity contribution in [1.29, 1.82) is 0 Å². The number of benzene rings is 1. The molecule has 0 saturated carbocycles. The molecule has 0 aliphatic heterocycles. The lowest BCUT2D eigenvalue weighted by Gasteiger charge is -2.16. The Kier molecular flexibility index (Phi) is 6.36. The van der Waals surface area contributed by atoms with Gasteiger partial charge in [0, 0.05) is 19.2 Å². The molecule has 0 saturated heterocycles. The number of aliphatic hydroxyl groups is 1. The maximum absolute atomic E-state index is 11.9. The molecule has 1 unspecified atom stereocenters. The molecular formula is C15H23NO3. The molecule has 19 heavy (non-hydrogen) atoms. The molecule has 1 aromatic carbocycles. The molecule has 1 rings (SSSR count). The summed E-state index contributed by atoms with van der Waals surface area (Å²) in [5, 5.41) is 8.81. The van der Waals surface area contributed by atoms with E-state index in [1.807, 2.05) is 12.1 Å². The van der Waals surface area contributed by atoms with Crippen LogP contribution < -0.4 is 4.74 Å². The molecule has 106 valence electrons. The molecule has 0 aliphatic rings. The first kappa shape index (κ1) is 15.5. The number of nitrogens with zero attached hydrogens (tertiary/aromatic N) is 1. The molecule has 0 heterocycles. The van der Waals surface area contributed by atoms with Crippen LogP contribution in [0.3, 0.4) is 0 Å². The molecule has 1 aromatic rings. The van der Waals surface area contributed by atoms with Gasteiger partial charge in [0.1, 0.15) is 5.75 Å². The van der Waals surface area contributed by atoms with Crippen LogP contribution in [0.4, 0.5) is 0 Å². The predicted molar refractivity (Wildman–Crippen MR) is 75.4 cm³/mol. The van der Waals surface area contributed by atoms with E-state index in [-0.39, 0.29) is 12.5 Å². The van der Waals surface area contributed by atoms with Gasteiger partial charge in [-0.2, -0.15) is 0 Å². The highest BCUT2D eigenvalue weighted by molar-refractivity contribution is 5.94. The molecule has 1 atom stereocenters. The van der Waals surface area contributed by atoms with Gasteiger partial charge in [0.05, 0.1) is 13.2 Å². The zero-order valence-corrected chi connectivity index (χ0v) is 11.9. The number of amides is 1. The highest BCUT2D eigenvalue weighted by atomic mass is 16.5. The Morgan fingerprint density at radius 1 is 1.37 bits per heavy atom. The molecule has 0 radical (unpaired) electrons. The second-order valence-corrected chi connectivity index (χ2v) is 4.80. The lowest BCUT2D eigenvalue weighted by Crippen LogP contribution is -2.29. The van der Waals surface area contributed by atoms with Gasteiger partial charge in [-0.3, -0.25) is 4.79 Å².